The highest BCUT2D eigenvalue weighted by Crippen LogP contribution is 2.13. The number of nitrogens with two attached hydrogens (primary N) is 1. The fraction of sp³-hybridized carbons (Fsp3) is 0.455. The third kappa shape index (κ3) is 3.08. The molecule has 0 amide bonds. The number of thioether (sulfide) groups is 1. The van der Waals surface area contributed by atoms with Crippen molar-refractivity contribution in [1.29, 1.82) is 0 Å². The Labute approximate surface area is 108 Å². The van der Waals surface area contributed by atoms with Crippen LogP contribution in [0.25, 0.3) is 4.96 Å². The van der Waals surface area contributed by atoms with Crippen LogP contribution in [0.1, 0.15) is 19.0 Å². The quantitative estimate of drug-likeness (QED) is 0.898. The first kappa shape index (κ1) is 12.6. The van der Waals surface area contributed by atoms with Crippen molar-refractivity contribution in [2.24, 2.45) is 5.73 Å². The first-order valence-corrected chi connectivity index (χ1v) is 7.53. The lowest BCUT2D eigenvalue weighted by Gasteiger charge is -2.07. The van der Waals surface area contributed by atoms with E-state index in [9.17, 15) is 4.79 Å². The van der Waals surface area contributed by atoms with Crippen molar-refractivity contribution in [2.75, 3.05) is 5.75 Å². The van der Waals surface area contributed by atoms with E-state index in [1.54, 1.807) is 28.4 Å². The first-order chi connectivity index (χ1) is 8.20. The van der Waals surface area contributed by atoms with E-state index in [0.29, 0.717) is 0 Å². The van der Waals surface area contributed by atoms with Gasteiger partial charge in [0, 0.05) is 35.2 Å². The van der Waals surface area contributed by atoms with E-state index >= 15 is 0 Å². The first-order valence-electron chi connectivity index (χ1n) is 5.50. The molecule has 0 aliphatic carbocycles. The average molecular weight is 269 g/mol. The molecule has 1 unspecified atom stereocenters. The van der Waals surface area contributed by atoms with Crippen LogP contribution in [0.4, 0.5) is 0 Å². The molecule has 2 aromatic heterocycles. The van der Waals surface area contributed by atoms with Gasteiger partial charge in [0.15, 0.2) is 4.96 Å². The Hall–Kier alpha value is -0.850. The van der Waals surface area contributed by atoms with E-state index in [1.165, 1.54) is 11.3 Å². The van der Waals surface area contributed by atoms with E-state index in [0.717, 1.165) is 28.6 Å². The lowest BCUT2D eigenvalue weighted by atomic mass is 10.3. The van der Waals surface area contributed by atoms with Gasteiger partial charge in [-0.05, 0) is 6.42 Å². The number of fused-ring (bicyclic) bond motifs is 1. The van der Waals surface area contributed by atoms with Crippen LogP contribution in [0.2, 0.25) is 0 Å². The van der Waals surface area contributed by atoms with Gasteiger partial charge >= 0.3 is 0 Å². The molecule has 0 radical (unpaired) electrons. The van der Waals surface area contributed by atoms with Crippen molar-refractivity contribution < 1.29 is 0 Å². The van der Waals surface area contributed by atoms with Crippen molar-refractivity contribution in [1.82, 2.24) is 9.38 Å². The van der Waals surface area contributed by atoms with Crippen LogP contribution in [0.5, 0.6) is 0 Å². The third-order valence-electron chi connectivity index (χ3n) is 2.46. The number of hydrogen-bond acceptors (Lipinski definition) is 5. The SMILES string of the molecule is CCC(N)CSCc1cc(=O)n2ccsc2n1. The van der Waals surface area contributed by atoms with Gasteiger partial charge in [-0.3, -0.25) is 9.20 Å². The van der Waals surface area contributed by atoms with Crippen molar-refractivity contribution in [3.05, 3.63) is 33.7 Å². The van der Waals surface area contributed by atoms with Gasteiger partial charge in [-0.2, -0.15) is 11.8 Å². The molecule has 0 spiro atoms. The zero-order chi connectivity index (χ0) is 12.3. The molecule has 2 heterocycles. The molecule has 0 saturated carbocycles. The molecule has 2 N–H and O–H groups in total. The van der Waals surface area contributed by atoms with Crippen LogP contribution in [0.15, 0.2) is 22.4 Å². The summed E-state index contributed by atoms with van der Waals surface area (Å²) in [6.07, 6.45) is 2.73. The van der Waals surface area contributed by atoms with Gasteiger partial charge in [-0.1, -0.05) is 6.92 Å². The van der Waals surface area contributed by atoms with Crippen LogP contribution in [0, 0.1) is 0 Å². The lowest BCUT2D eigenvalue weighted by Crippen LogP contribution is -2.21. The van der Waals surface area contributed by atoms with E-state index in [4.69, 9.17) is 5.73 Å². The minimum absolute atomic E-state index is 0.00774. The summed E-state index contributed by atoms with van der Waals surface area (Å²) in [5.74, 6) is 1.65. The van der Waals surface area contributed by atoms with Gasteiger partial charge in [-0.25, -0.2) is 4.98 Å². The Morgan fingerprint density at radius 1 is 1.65 bits per heavy atom. The fourth-order valence-electron chi connectivity index (χ4n) is 1.39. The highest BCUT2D eigenvalue weighted by atomic mass is 32.2. The van der Waals surface area contributed by atoms with Crippen LogP contribution in [0.3, 0.4) is 0 Å². The fourth-order valence-corrected chi connectivity index (χ4v) is 3.15. The molecule has 4 nitrogen and oxygen atoms in total. The summed E-state index contributed by atoms with van der Waals surface area (Å²) in [5, 5.41) is 1.87. The van der Waals surface area contributed by atoms with Gasteiger partial charge in [0.05, 0.1) is 5.69 Å². The molecule has 2 rings (SSSR count). The normalized spacial score (nSPS) is 13.1. The summed E-state index contributed by atoms with van der Waals surface area (Å²) in [5.41, 5.74) is 6.67. The maximum Gasteiger partial charge on any atom is 0.258 e. The standard InChI is InChI=1S/C11H15N3OS2/c1-2-8(12)6-16-7-9-5-10(15)14-3-4-17-11(14)13-9/h3-5,8H,2,6-7,12H2,1H3. The molecule has 0 aliphatic heterocycles. The molecular weight excluding hydrogens is 254 g/mol. The van der Waals surface area contributed by atoms with Gasteiger partial charge < -0.3 is 5.73 Å². The highest BCUT2D eigenvalue weighted by Gasteiger charge is 2.04. The lowest BCUT2D eigenvalue weighted by molar-refractivity contribution is 0.724. The van der Waals surface area contributed by atoms with E-state index in [2.05, 4.69) is 11.9 Å². The van der Waals surface area contributed by atoms with Gasteiger partial charge in [0.25, 0.3) is 5.56 Å². The summed E-state index contributed by atoms with van der Waals surface area (Å²) in [4.78, 5) is 16.9. The van der Waals surface area contributed by atoms with Crippen LogP contribution < -0.4 is 11.3 Å². The molecule has 0 bridgehead atoms. The van der Waals surface area contributed by atoms with Gasteiger partial charge in [0.1, 0.15) is 0 Å². The average Bonchev–Trinajstić information content (AvgIpc) is 2.77. The predicted molar refractivity (Wildman–Crippen MR) is 73.8 cm³/mol. The molecule has 0 fully saturated rings. The Morgan fingerprint density at radius 3 is 3.24 bits per heavy atom. The summed E-state index contributed by atoms with van der Waals surface area (Å²) < 4.78 is 1.57. The maximum atomic E-state index is 11.7. The second-order valence-electron chi connectivity index (χ2n) is 3.82. The van der Waals surface area contributed by atoms with Crippen molar-refractivity contribution in [2.45, 2.75) is 25.1 Å². The third-order valence-corrected chi connectivity index (χ3v) is 4.38. The molecular formula is C11H15N3OS2. The molecule has 2 aromatic rings. The second kappa shape index (κ2) is 5.66. The number of aromatic nitrogens is 2. The molecule has 17 heavy (non-hydrogen) atoms. The maximum absolute atomic E-state index is 11.7. The highest BCUT2D eigenvalue weighted by molar-refractivity contribution is 7.98. The van der Waals surface area contributed by atoms with E-state index in [1.807, 2.05) is 5.38 Å². The molecule has 92 valence electrons. The van der Waals surface area contributed by atoms with Gasteiger partial charge in [0.2, 0.25) is 0 Å². The van der Waals surface area contributed by atoms with Crippen LogP contribution in [-0.4, -0.2) is 21.2 Å². The van der Waals surface area contributed by atoms with Crippen molar-refractivity contribution >= 4 is 28.1 Å². The Bertz CT molecular complexity index is 549. The minimum atomic E-state index is -0.00774. The van der Waals surface area contributed by atoms with E-state index in [-0.39, 0.29) is 11.6 Å². The second-order valence-corrected chi connectivity index (χ2v) is 5.73. The minimum Gasteiger partial charge on any atom is -0.327 e. The zero-order valence-electron chi connectivity index (χ0n) is 9.63. The largest absolute Gasteiger partial charge is 0.327 e. The molecule has 0 saturated heterocycles. The number of thiazole rings is 1. The number of hydrogen-bond donors (Lipinski definition) is 1. The monoisotopic (exact) mass is 269 g/mol. The summed E-state index contributed by atoms with van der Waals surface area (Å²) in [7, 11) is 0. The summed E-state index contributed by atoms with van der Waals surface area (Å²) in [6, 6.07) is 1.83. The summed E-state index contributed by atoms with van der Waals surface area (Å²) in [6.45, 7) is 2.08. The predicted octanol–water partition coefficient (Wildman–Crippen LogP) is 1.73. The van der Waals surface area contributed by atoms with E-state index < -0.39 is 0 Å². The topological polar surface area (TPSA) is 60.4 Å². The molecule has 0 aliphatic rings. The van der Waals surface area contributed by atoms with Crippen molar-refractivity contribution in [3.8, 4) is 0 Å². The number of rotatable bonds is 5. The Morgan fingerprint density at radius 2 is 2.47 bits per heavy atom. The smallest absolute Gasteiger partial charge is 0.258 e. The molecule has 0 aromatic carbocycles. The van der Waals surface area contributed by atoms with Gasteiger partial charge in [-0.15, -0.1) is 11.3 Å². The Kier molecular flexibility index (Phi) is 4.20. The Balaban J connectivity index is 2.06. The molecule has 1 atom stereocenters. The van der Waals surface area contributed by atoms with Crippen LogP contribution in [-0.2, 0) is 5.75 Å². The molecule has 6 heteroatoms. The summed E-state index contributed by atoms with van der Waals surface area (Å²) >= 11 is 3.21. The number of nitrogens with zero attached hydrogens (tertiary/aromatic N) is 2. The van der Waals surface area contributed by atoms with Crippen LogP contribution >= 0.6 is 23.1 Å². The van der Waals surface area contributed by atoms with Crippen molar-refractivity contribution in [3.63, 3.8) is 0 Å². The zero-order valence-corrected chi connectivity index (χ0v) is 11.3.